The minimum atomic E-state index is -0.438. The molecule has 0 saturated carbocycles. The van der Waals surface area contributed by atoms with Crippen molar-refractivity contribution in [1.29, 1.82) is 0 Å². The van der Waals surface area contributed by atoms with Crippen molar-refractivity contribution >= 4 is 35.2 Å². The summed E-state index contributed by atoms with van der Waals surface area (Å²) >= 11 is 1.28. The van der Waals surface area contributed by atoms with Crippen molar-refractivity contribution in [3.05, 3.63) is 59.2 Å². The molecule has 0 spiro atoms. The summed E-state index contributed by atoms with van der Waals surface area (Å²) in [6.07, 6.45) is 0.376. The van der Waals surface area contributed by atoms with Gasteiger partial charge in [0.25, 0.3) is 0 Å². The quantitative estimate of drug-likeness (QED) is 0.448. The summed E-state index contributed by atoms with van der Waals surface area (Å²) in [7, 11) is 1.60. The zero-order valence-electron chi connectivity index (χ0n) is 19.1. The van der Waals surface area contributed by atoms with Gasteiger partial charge in [-0.2, -0.15) is 0 Å². The zero-order valence-corrected chi connectivity index (χ0v) is 19.9. The van der Waals surface area contributed by atoms with Crippen LogP contribution in [0.4, 0.5) is 5.69 Å². The van der Waals surface area contributed by atoms with Gasteiger partial charge in [-0.05, 0) is 48.7 Å². The van der Waals surface area contributed by atoms with Crippen molar-refractivity contribution in [2.75, 3.05) is 18.2 Å². The minimum Gasteiger partial charge on any atom is -0.497 e. The zero-order chi connectivity index (χ0) is 23.8. The molecular formula is C24H30N4O4S. The molecule has 1 heterocycles. The molecule has 0 radical (unpaired) electrons. The van der Waals surface area contributed by atoms with Gasteiger partial charge in [0.1, 0.15) is 11.2 Å². The van der Waals surface area contributed by atoms with Crippen molar-refractivity contribution in [3.63, 3.8) is 0 Å². The fourth-order valence-electron chi connectivity index (χ4n) is 3.48. The second-order valence-electron chi connectivity index (χ2n) is 7.95. The number of benzene rings is 2. The van der Waals surface area contributed by atoms with E-state index in [1.807, 2.05) is 56.3 Å². The number of hydrogen-bond acceptors (Lipinski definition) is 6. The Morgan fingerprint density at radius 1 is 1.15 bits per heavy atom. The van der Waals surface area contributed by atoms with E-state index in [2.05, 4.69) is 21.3 Å². The molecule has 1 aliphatic heterocycles. The molecule has 2 aromatic rings. The Labute approximate surface area is 198 Å². The van der Waals surface area contributed by atoms with E-state index in [-0.39, 0.29) is 42.4 Å². The first-order chi connectivity index (χ1) is 15.8. The summed E-state index contributed by atoms with van der Waals surface area (Å²) in [6.45, 7) is 4.34. The first-order valence-corrected chi connectivity index (χ1v) is 11.8. The molecule has 3 amide bonds. The van der Waals surface area contributed by atoms with E-state index in [0.29, 0.717) is 6.54 Å². The summed E-state index contributed by atoms with van der Waals surface area (Å²) < 4.78 is 5.19. The second-order valence-corrected chi connectivity index (χ2v) is 9.05. The van der Waals surface area contributed by atoms with Gasteiger partial charge >= 0.3 is 0 Å². The Kier molecular flexibility index (Phi) is 8.73. The Morgan fingerprint density at radius 3 is 2.73 bits per heavy atom. The lowest BCUT2D eigenvalue weighted by Crippen LogP contribution is -2.56. The number of nitrogens with one attached hydrogen (secondary N) is 4. The third kappa shape index (κ3) is 7.50. The first-order valence-electron chi connectivity index (χ1n) is 10.8. The summed E-state index contributed by atoms with van der Waals surface area (Å²) in [6, 6.07) is 12.9. The topological polar surface area (TPSA) is 109 Å². The number of rotatable bonds is 9. The monoisotopic (exact) mass is 470 g/mol. The minimum absolute atomic E-state index is 0.146. The van der Waals surface area contributed by atoms with Crippen molar-refractivity contribution in [3.8, 4) is 5.75 Å². The maximum absolute atomic E-state index is 12.4. The van der Waals surface area contributed by atoms with Gasteiger partial charge in [-0.3, -0.25) is 19.7 Å². The first kappa shape index (κ1) is 24.6. The maximum atomic E-state index is 12.4. The van der Waals surface area contributed by atoms with Crippen LogP contribution in [0.1, 0.15) is 29.5 Å². The van der Waals surface area contributed by atoms with E-state index in [1.165, 1.54) is 11.8 Å². The summed E-state index contributed by atoms with van der Waals surface area (Å²) in [4.78, 5) is 36.9. The van der Waals surface area contributed by atoms with Gasteiger partial charge in [0.2, 0.25) is 17.7 Å². The highest BCUT2D eigenvalue weighted by molar-refractivity contribution is 8.00. The molecule has 176 valence electrons. The number of methoxy groups -OCH3 is 1. The van der Waals surface area contributed by atoms with Crippen LogP contribution in [-0.4, -0.2) is 42.1 Å². The highest BCUT2D eigenvalue weighted by Crippen LogP contribution is 2.19. The van der Waals surface area contributed by atoms with E-state index in [1.54, 1.807) is 7.11 Å². The molecule has 1 fully saturated rings. The Morgan fingerprint density at radius 2 is 1.94 bits per heavy atom. The molecule has 2 unspecified atom stereocenters. The number of ether oxygens (including phenoxy) is 1. The van der Waals surface area contributed by atoms with Crippen LogP contribution < -0.4 is 26.0 Å². The number of hydrogen-bond donors (Lipinski definition) is 4. The fraction of sp³-hybridized carbons (Fsp3) is 0.375. The van der Waals surface area contributed by atoms with Crippen LogP contribution in [0.25, 0.3) is 0 Å². The predicted octanol–water partition coefficient (Wildman–Crippen LogP) is 2.45. The van der Waals surface area contributed by atoms with Crippen molar-refractivity contribution < 1.29 is 19.1 Å². The number of carbonyl (C=O) groups is 3. The highest BCUT2D eigenvalue weighted by atomic mass is 32.2. The van der Waals surface area contributed by atoms with Gasteiger partial charge in [-0.1, -0.05) is 24.3 Å². The molecule has 8 nitrogen and oxygen atoms in total. The lowest BCUT2D eigenvalue weighted by atomic mass is 10.1. The van der Waals surface area contributed by atoms with Gasteiger partial charge in [0.15, 0.2) is 0 Å². The molecule has 1 aliphatic rings. The Balaban J connectivity index is 1.45. The van der Waals surface area contributed by atoms with Crippen LogP contribution in [-0.2, 0) is 20.9 Å². The Hall–Kier alpha value is -3.04. The maximum Gasteiger partial charge on any atom is 0.234 e. The lowest BCUT2D eigenvalue weighted by molar-refractivity contribution is -0.125. The van der Waals surface area contributed by atoms with E-state index < -0.39 is 5.50 Å². The fourth-order valence-corrected chi connectivity index (χ4v) is 4.37. The molecule has 3 rings (SSSR count). The second kappa shape index (κ2) is 11.7. The van der Waals surface area contributed by atoms with Gasteiger partial charge in [0, 0.05) is 31.1 Å². The van der Waals surface area contributed by atoms with Gasteiger partial charge in [0.05, 0.1) is 12.9 Å². The molecule has 33 heavy (non-hydrogen) atoms. The van der Waals surface area contributed by atoms with E-state index in [9.17, 15) is 14.4 Å². The molecule has 1 saturated heterocycles. The number of amides is 3. The molecule has 2 aromatic carbocycles. The van der Waals surface area contributed by atoms with E-state index in [4.69, 9.17) is 4.74 Å². The van der Waals surface area contributed by atoms with Gasteiger partial charge in [-0.15, -0.1) is 11.8 Å². The lowest BCUT2D eigenvalue weighted by Gasteiger charge is -2.30. The van der Waals surface area contributed by atoms with Crippen LogP contribution in [0, 0.1) is 13.8 Å². The number of thioether (sulfide) groups is 1. The normalized spacial score (nSPS) is 17.7. The van der Waals surface area contributed by atoms with Crippen LogP contribution >= 0.6 is 11.8 Å². The largest absolute Gasteiger partial charge is 0.497 e. The van der Waals surface area contributed by atoms with Crippen molar-refractivity contribution in [1.82, 2.24) is 16.0 Å². The molecule has 0 aliphatic carbocycles. The Bertz CT molecular complexity index is 1010. The van der Waals surface area contributed by atoms with Crippen LogP contribution in [0.3, 0.4) is 0 Å². The van der Waals surface area contributed by atoms with Gasteiger partial charge < -0.3 is 20.7 Å². The third-order valence-electron chi connectivity index (χ3n) is 5.43. The van der Waals surface area contributed by atoms with Crippen molar-refractivity contribution in [2.45, 2.75) is 44.8 Å². The summed E-state index contributed by atoms with van der Waals surface area (Å²) in [5.74, 6) is 0.449. The molecule has 9 heteroatoms. The predicted molar refractivity (Wildman–Crippen MR) is 130 cm³/mol. The highest BCUT2D eigenvalue weighted by Gasteiger charge is 2.28. The summed E-state index contributed by atoms with van der Waals surface area (Å²) in [5, 5.41) is 11.8. The summed E-state index contributed by atoms with van der Waals surface area (Å²) in [5.41, 5.74) is 3.41. The standard InChI is InChI=1S/C24H30N4O4S/c1-15-6-4-9-20(16(15)2)27-23(31)14-33-24-26-18(12-22(30)28-24)11-21(29)25-13-17-7-5-8-19(10-17)32-3/h4-10,18,24,26H,11-14H2,1-3H3,(H,25,29)(H,27,31)(H,28,30). The van der Waals surface area contributed by atoms with Crippen LogP contribution in [0.2, 0.25) is 0 Å². The van der Waals surface area contributed by atoms with E-state index >= 15 is 0 Å². The number of anilines is 1. The SMILES string of the molecule is COc1cccc(CNC(=O)CC2CC(=O)NC(SCC(=O)Nc3cccc(C)c3C)N2)c1. The molecule has 4 N–H and O–H groups in total. The molecule has 0 aromatic heterocycles. The van der Waals surface area contributed by atoms with Crippen LogP contribution in [0.15, 0.2) is 42.5 Å². The average Bonchev–Trinajstić information content (AvgIpc) is 2.79. The number of carbonyl (C=O) groups excluding carboxylic acids is 3. The molecule has 2 atom stereocenters. The van der Waals surface area contributed by atoms with Crippen LogP contribution in [0.5, 0.6) is 5.75 Å². The molecular weight excluding hydrogens is 440 g/mol. The van der Waals surface area contributed by atoms with Gasteiger partial charge in [-0.25, -0.2) is 0 Å². The third-order valence-corrected chi connectivity index (χ3v) is 6.44. The van der Waals surface area contributed by atoms with E-state index in [0.717, 1.165) is 28.1 Å². The number of aryl methyl sites for hydroxylation is 1. The molecule has 0 bridgehead atoms. The average molecular weight is 471 g/mol. The smallest absolute Gasteiger partial charge is 0.234 e. The van der Waals surface area contributed by atoms with Crippen molar-refractivity contribution in [2.24, 2.45) is 0 Å².